The van der Waals surface area contributed by atoms with Crippen molar-refractivity contribution in [1.29, 1.82) is 0 Å². The Morgan fingerprint density at radius 1 is 1.29 bits per heavy atom. The molecule has 0 saturated carbocycles. The molecule has 0 unspecified atom stereocenters. The Kier molecular flexibility index (Phi) is 5.00. The van der Waals surface area contributed by atoms with Crippen LogP contribution in [0.25, 0.3) is 0 Å². The fourth-order valence-corrected chi connectivity index (χ4v) is 3.90. The summed E-state index contributed by atoms with van der Waals surface area (Å²) in [6.07, 6.45) is 0. The number of ether oxygens (including phenoxy) is 1. The van der Waals surface area contributed by atoms with E-state index in [-0.39, 0.29) is 4.90 Å². The number of hydrogen-bond acceptors (Lipinski definition) is 5. The summed E-state index contributed by atoms with van der Waals surface area (Å²) in [5, 5.41) is 3.85. The molecule has 0 bridgehead atoms. The van der Waals surface area contributed by atoms with Gasteiger partial charge in [-0.1, -0.05) is 6.07 Å². The molecule has 1 aromatic carbocycles. The molecule has 0 fully saturated rings. The highest BCUT2D eigenvalue weighted by atomic mass is 32.2. The van der Waals surface area contributed by atoms with E-state index in [0.717, 1.165) is 11.1 Å². The van der Waals surface area contributed by atoms with Gasteiger partial charge in [-0.15, -0.1) is 0 Å². The first kappa shape index (κ1) is 16.0. The number of rotatable bonds is 6. The number of thiophene rings is 1. The van der Waals surface area contributed by atoms with E-state index in [1.54, 1.807) is 36.6 Å². The predicted molar refractivity (Wildman–Crippen MR) is 83.9 cm³/mol. The fourth-order valence-electron chi connectivity index (χ4n) is 1.94. The summed E-state index contributed by atoms with van der Waals surface area (Å²) < 4.78 is 31.8. The maximum absolute atomic E-state index is 12.7. The van der Waals surface area contributed by atoms with Crippen LogP contribution >= 0.6 is 11.3 Å². The van der Waals surface area contributed by atoms with Crippen LogP contribution in [0.3, 0.4) is 0 Å². The molecule has 21 heavy (non-hydrogen) atoms. The summed E-state index contributed by atoms with van der Waals surface area (Å²) >= 11 is 1.54. The number of methoxy groups -OCH3 is 1. The molecule has 0 saturated heterocycles. The van der Waals surface area contributed by atoms with Crippen LogP contribution < -0.4 is 10.5 Å². The molecular formula is C14H18N2O3S2. The van der Waals surface area contributed by atoms with E-state index in [1.807, 2.05) is 16.8 Å². The third-order valence-corrected chi connectivity index (χ3v) is 5.71. The second-order valence-corrected chi connectivity index (χ2v) is 7.38. The largest absolute Gasteiger partial charge is 0.495 e. The maximum Gasteiger partial charge on any atom is 0.246 e. The van der Waals surface area contributed by atoms with E-state index in [2.05, 4.69) is 0 Å². The zero-order chi connectivity index (χ0) is 15.5. The van der Waals surface area contributed by atoms with Gasteiger partial charge >= 0.3 is 0 Å². The Bertz CT molecular complexity index is 697. The molecule has 1 aromatic heterocycles. The number of benzene rings is 1. The Hall–Kier alpha value is -1.41. The molecule has 0 aliphatic rings. The lowest BCUT2D eigenvalue weighted by Gasteiger charge is -2.18. The number of sulfonamides is 1. The van der Waals surface area contributed by atoms with Crippen LogP contribution in [-0.4, -0.2) is 26.9 Å². The van der Waals surface area contributed by atoms with Gasteiger partial charge in [0.15, 0.2) is 0 Å². The summed E-state index contributed by atoms with van der Waals surface area (Å²) in [5.41, 5.74) is 7.36. The third kappa shape index (κ3) is 3.44. The molecule has 2 rings (SSSR count). The number of nitrogens with zero attached hydrogens (tertiary/aromatic N) is 1. The molecule has 2 aromatic rings. The SMILES string of the molecule is COc1cc(CN)ccc1S(=O)(=O)N(C)Cc1ccsc1. The molecular weight excluding hydrogens is 308 g/mol. The van der Waals surface area contributed by atoms with E-state index in [1.165, 1.54) is 11.4 Å². The van der Waals surface area contributed by atoms with Gasteiger partial charge in [-0.3, -0.25) is 0 Å². The molecule has 5 nitrogen and oxygen atoms in total. The van der Waals surface area contributed by atoms with Crippen molar-refractivity contribution < 1.29 is 13.2 Å². The summed E-state index contributed by atoms with van der Waals surface area (Å²) in [7, 11) is -0.600. The number of hydrogen-bond donors (Lipinski definition) is 1. The van der Waals surface area contributed by atoms with Crippen LogP contribution in [0, 0.1) is 0 Å². The lowest BCUT2D eigenvalue weighted by atomic mass is 10.2. The minimum atomic E-state index is -3.61. The van der Waals surface area contributed by atoms with Crippen LogP contribution in [0.5, 0.6) is 5.75 Å². The molecule has 0 spiro atoms. The standard InChI is InChI=1S/C14H18N2O3S2/c1-16(9-12-5-6-20-10-12)21(17,18)14-4-3-11(8-15)7-13(14)19-2/h3-7,10H,8-9,15H2,1-2H3. The second kappa shape index (κ2) is 6.57. The smallest absolute Gasteiger partial charge is 0.246 e. The number of nitrogens with two attached hydrogens (primary N) is 1. The molecule has 2 N–H and O–H groups in total. The molecule has 0 radical (unpaired) electrons. The van der Waals surface area contributed by atoms with Crippen LogP contribution in [0.2, 0.25) is 0 Å². The Labute approximate surface area is 129 Å². The van der Waals surface area contributed by atoms with E-state index in [9.17, 15) is 8.42 Å². The van der Waals surface area contributed by atoms with Crippen molar-refractivity contribution in [2.75, 3.05) is 14.2 Å². The predicted octanol–water partition coefficient (Wildman–Crippen LogP) is 2.04. The van der Waals surface area contributed by atoms with Gasteiger partial charge in [-0.25, -0.2) is 8.42 Å². The maximum atomic E-state index is 12.7. The van der Waals surface area contributed by atoms with Crippen LogP contribution in [0.4, 0.5) is 0 Å². The molecule has 7 heteroatoms. The van der Waals surface area contributed by atoms with Gasteiger partial charge < -0.3 is 10.5 Å². The van der Waals surface area contributed by atoms with Crippen LogP contribution in [-0.2, 0) is 23.1 Å². The van der Waals surface area contributed by atoms with Crippen molar-refractivity contribution >= 4 is 21.4 Å². The normalized spacial score (nSPS) is 11.8. The van der Waals surface area contributed by atoms with Gasteiger partial charge in [0.1, 0.15) is 10.6 Å². The molecule has 114 valence electrons. The first-order chi connectivity index (χ1) is 9.98. The zero-order valence-corrected chi connectivity index (χ0v) is 13.6. The van der Waals surface area contributed by atoms with Gasteiger partial charge in [-0.05, 0) is 40.1 Å². The van der Waals surface area contributed by atoms with E-state index >= 15 is 0 Å². The van der Waals surface area contributed by atoms with Gasteiger partial charge in [0.2, 0.25) is 10.0 Å². The minimum Gasteiger partial charge on any atom is -0.495 e. The van der Waals surface area contributed by atoms with Crippen LogP contribution in [0.15, 0.2) is 39.9 Å². The molecule has 0 aliphatic heterocycles. The van der Waals surface area contributed by atoms with E-state index in [4.69, 9.17) is 10.5 Å². The van der Waals surface area contributed by atoms with Crippen molar-refractivity contribution in [3.05, 3.63) is 46.2 Å². The van der Waals surface area contributed by atoms with Crippen molar-refractivity contribution in [1.82, 2.24) is 4.31 Å². The summed E-state index contributed by atoms with van der Waals surface area (Å²) in [4.78, 5) is 0.153. The average molecular weight is 326 g/mol. The quantitative estimate of drug-likeness (QED) is 0.881. The van der Waals surface area contributed by atoms with Crippen molar-refractivity contribution in [3.63, 3.8) is 0 Å². The third-order valence-electron chi connectivity index (χ3n) is 3.14. The van der Waals surface area contributed by atoms with Crippen molar-refractivity contribution in [2.24, 2.45) is 5.73 Å². The lowest BCUT2D eigenvalue weighted by Crippen LogP contribution is -2.26. The van der Waals surface area contributed by atoms with Crippen molar-refractivity contribution in [3.8, 4) is 5.75 Å². The van der Waals surface area contributed by atoms with Gasteiger partial charge in [0.25, 0.3) is 0 Å². The van der Waals surface area contributed by atoms with E-state index in [0.29, 0.717) is 18.8 Å². The topological polar surface area (TPSA) is 72.6 Å². The summed E-state index contributed by atoms with van der Waals surface area (Å²) in [6.45, 7) is 0.662. The Balaban J connectivity index is 2.34. The first-order valence-electron chi connectivity index (χ1n) is 6.33. The highest BCUT2D eigenvalue weighted by Gasteiger charge is 2.25. The molecule has 0 aliphatic carbocycles. The van der Waals surface area contributed by atoms with Gasteiger partial charge in [0, 0.05) is 20.1 Å². The fraction of sp³-hybridized carbons (Fsp3) is 0.286. The highest BCUT2D eigenvalue weighted by Crippen LogP contribution is 2.28. The lowest BCUT2D eigenvalue weighted by molar-refractivity contribution is 0.397. The average Bonchev–Trinajstić information content (AvgIpc) is 2.99. The second-order valence-electron chi connectivity index (χ2n) is 4.58. The monoisotopic (exact) mass is 326 g/mol. The highest BCUT2D eigenvalue weighted by molar-refractivity contribution is 7.89. The van der Waals surface area contributed by atoms with Gasteiger partial charge in [-0.2, -0.15) is 15.6 Å². The van der Waals surface area contributed by atoms with E-state index < -0.39 is 10.0 Å². The van der Waals surface area contributed by atoms with Crippen LogP contribution in [0.1, 0.15) is 11.1 Å². The molecule has 1 heterocycles. The molecule has 0 atom stereocenters. The Morgan fingerprint density at radius 2 is 2.05 bits per heavy atom. The summed E-state index contributed by atoms with van der Waals surface area (Å²) in [5.74, 6) is 0.315. The summed E-state index contributed by atoms with van der Waals surface area (Å²) in [6, 6.07) is 6.81. The first-order valence-corrected chi connectivity index (χ1v) is 8.71. The minimum absolute atomic E-state index is 0.153. The zero-order valence-electron chi connectivity index (χ0n) is 11.9. The Morgan fingerprint density at radius 3 is 2.62 bits per heavy atom. The molecule has 0 amide bonds. The van der Waals surface area contributed by atoms with Gasteiger partial charge in [0.05, 0.1) is 7.11 Å². The van der Waals surface area contributed by atoms with Crippen molar-refractivity contribution in [2.45, 2.75) is 18.0 Å².